The van der Waals surface area contributed by atoms with Crippen molar-refractivity contribution in [2.75, 3.05) is 21.1 Å². The summed E-state index contributed by atoms with van der Waals surface area (Å²) < 4.78 is 0.942. The van der Waals surface area contributed by atoms with Crippen LogP contribution < -0.4 is 12.4 Å². The van der Waals surface area contributed by atoms with Gasteiger partial charge in [-0.3, -0.25) is 0 Å². The van der Waals surface area contributed by atoms with E-state index in [1.165, 1.54) is 70.6 Å². The highest BCUT2D eigenvalue weighted by molar-refractivity contribution is 4.72. The van der Waals surface area contributed by atoms with Gasteiger partial charge in [-0.05, 0) is 18.9 Å². The number of rotatable bonds is 12. The molecule has 116 valence electrons. The van der Waals surface area contributed by atoms with E-state index in [-0.39, 0.29) is 12.4 Å². The van der Waals surface area contributed by atoms with Crippen molar-refractivity contribution in [3.63, 3.8) is 0 Å². The molecule has 0 bridgehead atoms. The molecule has 0 saturated heterocycles. The van der Waals surface area contributed by atoms with E-state index in [1.54, 1.807) is 0 Å². The Morgan fingerprint density at radius 3 is 1.53 bits per heavy atom. The van der Waals surface area contributed by atoms with E-state index in [9.17, 15) is 0 Å². The molecule has 0 aromatic carbocycles. The Hall–Kier alpha value is -0.0100. The van der Waals surface area contributed by atoms with Crippen LogP contribution in [0.5, 0.6) is 0 Å². The molecule has 0 saturated carbocycles. The molecule has 0 radical (unpaired) electrons. The predicted molar refractivity (Wildman–Crippen MR) is 83.6 cm³/mol. The molecule has 0 aromatic heterocycles. The van der Waals surface area contributed by atoms with Crippen molar-refractivity contribution in [1.82, 2.24) is 0 Å². The van der Waals surface area contributed by atoms with Crippen molar-refractivity contribution in [3.8, 4) is 0 Å². The molecule has 0 aliphatic rings. The second-order valence-corrected chi connectivity index (χ2v) is 6.47. The number of quaternary nitrogens is 1. The minimum absolute atomic E-state index is 0. The highest BCUT2D eigenvalue weighted by atomic mass is 35.5. The Morgan fingerprint density at radius 2 is 1.11 bits per heavy atom. The Balaban J connectivity index is 0. The van der Waals surface area contributed by atoms with Gasteiger partial charge in [-0.25, -0.2) is 0 Å². The van der Waals surface area contributed by atoms with Crippen LogP contribution in [0.1, 0.15) is 77.6 Å². The molecule has 2 heteroatoms. The van der Waals surface area contributed by atoms with Crippen LogP contribution in [0.3, 0.4) is 0 Å². The molecule has 0 aliphatic heterocycles. The van der Waals surface area contributed by atoms with Crippen molar-refractivity contribution in [2.24, 2.45) is 0 Å². The highest BCUT2D eigenvalue weighted by Crippen LogP contribution is 2.11. The second-order valence-electron chi connectivity index (χ2n) is 6.47. The fourth-order valence-electron chi connectivity index (χ4n) is 2.14. The van der Waals surface area contributed by atoms with Gasteiger partial charge < -0.3 is 16.9 Å². The van der Waals surface area contributed by atoms with E-state index >= 15 is 0 Å². The number of unbranched alkanes of at least 4 members (excludes halogenated alkanes) is 10. The van der Waals surface area contributed by atoms with Crippen LogP contribution in [0.4, 0.5) is 0 Å². The first-order valence-electron chi connectivity index (χ1n) is 8.05. The molecule has 0 fully saturated rings. The largest absolute Gasteiger partial charge is 1.00 e. The number of nitrogens with zero attached hydrogens (tertiary/aromatic N) is 1. The summed E-state index contributed by atoms with van der Waals surface area (Å²) in [6.07, 6.45) is 20.2. The van der Waals surface area contributed by atoms with Gasteiger partial charge in [-0.2, -0.15) is 0 Å². The SMILES string of the molecule is CCCCCCCCCCCCC=C[N+](C)(C)C.[Cl-]. The van der Waals surface area contributed by atoms with Gasteiger partial charge in [0.15, 0.2) is 0 Å². The third kappa shape index (κ3) is 20.5. The van der Waals surface area contributed by atoms with Crippen LogP contribution in [0.2, 0.25) is 0 Å². The molecule has 0 N–H and O–H groups in total. The van der Waals surface area contributed by atoms with Gasteiger partial charge >= 0.3 is 0 Å². The number of hydrogen-bond donors (Lipinski definition) is 0. The Morgan fingerprint density at radius 1 is 0.684 bits per heavy atom. The van der Waals surface area contributed by atoms with E-state index in [0.29, 0.717) is 0 Å². The summed E-state index contributed by atoms with van der Waals surface area (Å²) in [6.45, 7) is 2.28. The van der Waals surface area contributed by atoms with Crippen LogP contribution in [-0.2, 0) is 0 Å². The third-order valence-corrected chi connectivity index (χ3v) is 3.28. The topological polar surface area (TPSA) is 0 Å². The monoisotopic (exact) mass is 289 g/mol. The Kier molecular flexibility index (Phi) is 16.1. The molecule has 0 aliphatic carbocycles. The highest BCUT2D eigenvalue weighted by Gasteiger charge is 1.98. The van der Waals surface area contributed by atoms with E-state index < -0.39 is 0 Å². The van der Waals surface area contributed by atoms with Crippen LogP contribution >= 0.6 is 0 Å². The summed E-state index contributed by atoms with van der Waals surface area (Å²) in [4.78, 5) is 0. The third-order valence-electron chi connectivity index (χ3n) is 3.28. The van der Waals surface area contributed by atoms with Crippen LogP contribution in [0.15, 0.2) is 12.3 Å². The fourth-order valence-corrected chi connectivity index (χ4v) is 2.14. The molecule has 0 heterocycles. The smallest absolute Gasteiger partial charge is 0.0911 e. The Labute approximate surface area is 128 Å². The van der Waals surface area contributed by atoms with Crippen LogP contribution in [0, 0.1) is 0 Å². The van der Waals surface area contributed by atoms with Gasteiger partial charge in [0.1, 0.15) is 0 Å². The minimum atomic E-state index is 0. The first kappa shape index (κ1) is 21.3. The summed E-state index contributed by atoms with van der Waals surface area (Å²) in [6, 6.07) is 0. The zero-order chi connectivity index (χ0) is 13.7. The fraction of sp³-hybridized carbons (Fsp3) is 0.882. The minimum Gasteiger partial charge on any atom is -1.00 e. The maximum atomic E-state index is 2.34. The molecule has 0 amide bonds. The van der Waals surface area contributed by atoms with Crippen LogP contribution in [0.25, 0.3) is 0 Å². The summed E-state index contributed by atoms with van der Waals surface area (Å²) in [7, 11) is 6.61. The van der Waals surface area contributed by atoms with Gasteiger partial charge in [0.2, 0.25) is 0 Å². The van der Waals surface area contributed by atoms with Gasteiger partial charge in [0, 0.05) is 0 Å². The van der Waals surface area contributed by atoms with E-state index in [4.69, 9.17) is 0 Å². The quantitative estimate of drug-likeness (QED) is 0.383. The lowest BCUT2D eigenvalue weighted by Gasteiger charge is -2.17. The van der Waals surface area contributed by atoms with Gasteiger partial charge in [0.25, 0.3) is 0 Å². The van der Waals surface area contributed by atoms with Gasteiger partial charge in [0.05, 0.1) is 27.3 Å². The zero-order valence-corrected chi connectivity index (χ0v) is 14.5. The maximum absolute atomic E-state index is 2.34. The lowest BCUT2D eigenvalue weighted by Crippen LogP contribution is -3.00. The van der Waals surface area contributed by atoms with E-state index in [1.807, 2.05) is 0 Å². The molecule has 0 unspecified atom stereocenters. The average molecular weight is 290 g/mol. The van der Waals surface area contributed by atoms with E-state index in [2.05, 4.69) is 40.3 Å². The first-order valence-corrected chi connectivity index (χ1v) is 8.05. The van der Waals surface area contributed by atoms with Crippen molar-refractivity contribution in [2.45, 2.75) is 77.6 Å². The van der Waals surface area contributed by atoms with Gasteiger partial charge in [-0.15, -0.1) is 0 Å². The summed E-state index contributed by atoms with van der Waals surface area (Å²) in [5.41, 5.74) is 0. The molecular formula is C17H36ClN. The second kappa shape index (κ2) is 14.4. The van der Waals surface area contributed by atoms with Crippen molar-refractivity contribution >= 4 is 0 Å². The normalized spacial score (nSPS) is 11.8. The number of halogens is 1. The van der Waals surface area contributed by atoms with Gasteiger partial charge in [-0.1, -0.05) is 64.7 Å². The molecule has 0 atom stereocenters. The van der Waals surface area contributed by atoms with Crippen molar-refractivity contribution in [1.29, 1.82) is 0 Å². The lowest BCUT2D eigenvalue weighted by molar-refractivity contribution is -0.817. The number of allylic oxidation sites excluding steroid dienone is 1. The summed E-state index contributed by atoms with van der Waals surface area (Å²) in [5, 5.41) is 0. The molecule has 19 heavy (non-hydrogen) atoms. The van der Waals surface area contributed by atoms with Crippen molar-refractivity contribution in [3.05, 3.63) is 12.3 Å². The molecule has 1 nitrogen and oxygen atoms in total. The summed E-state index contributed by atoms with van der Waals surface area (Å²) in [5.74, 6) is 0. The summed E-state index contributed by atoms with van der Waals surface area (Å²) >= 11 is 0. The predicted octanol–water partition coefficient (Wildman–Crippen LogP) is 2.52. The molecule has 0 rings (SSSR count). The molecule has 0 spiro atoms. The standard InChI is InChI=1S/C17H36N.ClH/c1-5-6-7-8-9-10-11-12-13-14-15-16-17-18(2,3)4;/h16-17H,5-15H2,1-4H3;1H/q+1;/p-1. The number of hydrogen-bond acceptors (Lipinski definition) is 0. The zero-order valence-electron chi connectivity index (χ0n) is 13.8. The Bertz CT molecular complexity index is 194. The van der Waals surface area contributed by atoms with Crippen LogP contribution in [-0.4, -0.2) is 25.6 Å². The van der Waals surface area contributed by atoms with Crippen molar-refractivity contribution < 1.29 is 16.9 Å². The molecule has 0 aromatic rings. The molecular weight excluding hydrogens is 254 g/mol. The lowest BCUT2D eigenvalue weighted by atomic mass is 10.1. The van der Waals surface area contributed by atoms with E-state index in [0.717, 1.165) is 4.48 Å². The first-order chi connectivity index (χ1) is 8.56. The average Bonchev–Trinajstić information content (AvgIpc) is 2.29. The maximum Gasteiger partial charge on any atom is 0.0911 e.